The van der Waals surface area contributed by atoms with E-state index in [0.29, 0.717) is 36.5 Å². The summed E-state index contributed by atoms with van der Waals surface area (Å²) in [5, 5.41) is 12.2. The number of carboxylic acids is 1. The summed E-state index contributed by atoms with van der Waals surface area (Å²) >= 11 is 0. The molecule has 0 saturated heterocycles. The zero-order valence-electron chi connectivity index (χ0n) is 17.0. The summed E-state index contributed by atoms with van der Waals surface area (Å²) in [5.41, 5.74) is 1.52. The van der Waals surface area contributed by atoms with E-state index in [4.69, 9.17) is 9.47 Å². The topological polar surface area (TPSA) is 84.9 Å². The third-order valence-electron chi connectivity index (χ3n) is 5.31. The van der Waals surface area contributed by atoms with E-state index in [1.54, 1.807) is 18.2 Å². The Morgan fingerprint density at radius 2 is 1.93 bits per heavy atom. The summed E-state index contributed by atoms with van der Waals surface area (Å²) in [6.07, 6.45) is 1.59. The molecule has 1 aliphatic rings. The van der Waals surface area contributed by atoms with Crippen LogP contribution in [0.4, 0.5) is 0 Å². The monoisotopic (exact) mass is 397 g/mol. The van der Waals surface area contributed by atoms with E-state index in [-0.39, 0.29) is 5.92 Å². The summed E-state index contributed by atoms with van der Waals surface area (Å²) in [5.74, 6) is -0.157. The van der Waals surface area contributed by atoms with Gasteiger partial charge in [-0.05, 0) is 49.4 Å². The fraction of sp³-hybridized carbons (Fsp3) is 0.391. The van der Waals surface area contributed by atoms with E-state index in [1.165, 1.54) is 18.2 Å². The summed E-state index contributed by atoms with van der Waals surface area (Å²) in [6, 6.07) is 13.1. The third-order valence-corrected chi connectivity index (χ3v) is 5.31. The summed E-state index contributed by atoms with van der Waals surface area (Å²) in [4.78, 5) is 24.3. The first-order valence-electron chi connectivity index (χ1n) is 9.75. The lowest BCUT2D eigenvalue weighted by Crippen LogP contribution is -2.62. The molecule has 2 aromatic rings. The molecule has 0 aliphatic heterocycles. The standard InChI is InChI=1S/C23H27NO5/c1-15-5-4-6-17(11-15)9-10-29-20-12-18(7-8-19(20)28-3)21(25)24-23(22(26)27)13-16(2)14-23/h4-8,11-12,16H,9-10,13-14H2,1-3H3,(H,24,25)(H,26,27). The number of benzene rings is 2. The Hall–Kier alpha value is -3.02. The summed E-state index contributed by atoms with van der Waals surface area (Å²) in [7, 11) is 1.54. The van der Waals surface area contributed by atoms with Crippen molar-refractivity contribution in [1.82, 2.24) is 5.32 Å². The van der Waals surface area contributed by atoms with Crippen LogP contribution in [0, 0.1) is 12.8 Å². The first-order valence-corrected chi connectivity index (χ1v) is 9.75. The smallest absolute Gasteiger partial charge is 0.329 e. The summed E-state index contributed by atoms with van der Waals surface area (Å²) in [6.45, 7) is 4.45. The molecule has 2 aromatic carbocycles. The van der Waals surface area contributed by atoms with Gasteiger partial charge >= 0.3 is 5.97 Å². The van der Waals surface area contributed by atoms with Crippen molar-refractivity contribution in [3.8, 4) is 11.5 Å². The van der Waals surface area contributed by atoms with E-state index < -0.39 is 17.4 Å². The number of hydrogen-bond donors (Lipinski definition) is 2. The molecule has 0 spiro atoms. The van der Waals surface area contributed by atoms with Gasteiger partial charge in [0.15, 0.2) is 11.5 Å². The number of carbonyl (C=O) groups excluding carboxylic acids is 1. The van der Waals surface area contributed by atoms with Crippen LogP contribution in [0.5, 0.6) is 11.5 Å². The van der Waals surface area contributed by atoms with Gasteiger partial charge in [0.05, 0.1) is 13.7 Å². The molecule has 3 rings (SSSR count). The highest BCUT2D eigenvalue weighted by Crippen LogP contribution is 2.38. The minimum atomic E-state index is -1.18. The SMILES string of the molecule is COc1ccc(C(=O)NC2(C(=O)O)CC(C)C2)cc1OCCc1cccc(C)c1. The van der Waals surface area contributed by atoms with Crippen LogP contribution in [0.1, 0.15) is 41.3 Å². The fourth-order valence-corrected chi connectivity index (χ4v) is 3.83. The third kappa shape index (κ3) is 4.70. The van der Waals surface area contributed by atoms with Crippen LogP contribution in [-0.2, 0) is 11.2 Å². The molecule has 1 amide bonds. The van der Waals surface area contributed by atoms with Gasteiger partial charge < -0.3 is 19.9 Å². The Kier molecular flexibility index (Phi) is 6.11. The number of rotatable bonds is 8. The Morgan fingerprint density at radius 3 is 2.55 bits per heavy atom. The second-order valence-corrected chi connectivity index (χ2v) is 7.81. The summed E-state index contributed by atoms with van der Waals surface area (Å²) < 4.78 is 11.2. The molecule has 2 N–H and O–H groups in total. The Balaban J connectivity index is 1.69. The van der Waals surface area contributed by atoms with Gasteiger partial charge in [0.25, 0.3) is 5.91 Å². The van der Waals surface area contributed by atoms with Crippen LogP contribution >= 0.6 is 0 Å². The van der Waals surface area contributed by atoms with Crippen molar-refractivity contribution >= 4 is 11.9 Å². The van der Waals surface area contributed by atoms with Crippen molar-refractivity contribution in [3.05, 3.63) is 59.2 Å². The fourth-order valence-electron chi connectivity index (χ4n) is 3.83. The number of amides is 1. The minimum absolute atomic E-state index is 0.280. The zero-order chi connectivity index (χ0) is 21.0. The van der Waals surface area contributed by atoms with Gasteiger partial charge in [0.1, 0.15) is 5.54 Å². The highest BCUT2D eigenvalue weighted by molar-refractivity contribution is 5.98. The van der Waals surface area contributed by atoms with Gasteiger partial charge in [-0.1, -0.05) is 36.8 Å². The van der Waals surface area contributed by atoms with Crippen molar-refractivity contribution in [2.24, 2.45) is 5.92 Å². The maximum Gasteiger partial charge on any atom is 0.329 e. The van der Waals surface area contributed by atoms with Crippen molar-refractivity contribution in [1.29, 1.82) is 0 Å². The van der Waals surface area contributed by atoms with Crippen molar-refractivity contribution < 1.29 is 24.2 Å². The molecule has 1 aliphatic carbocycles. The van der Waals surface area contributed by atoms with Gasteiger partial charge in [0.2, 0.25) is 0 Å². The molecular formula is C23H27NO5. The predicted octanol–water partition coefficient (Wildman–Crippen LogP) is 3.61. The maximum atomic E-state index is 12.7. The predicted molar refractivity (Wildman–Crippen MR) is 110 cm³/mol. The quantitative estimate of drug-likeness (QED) is 0.711. The molecular weight excluding hydrogens is 370 g/mol. The number of aliphatic carboxylic acids is 1. The molecule has 0 atom stereocenters. The lowest BCUT2D eigenvalue weighted by atomic mass is 9.69. The van der Waals surface area contributed by atoms with Gasteiger partial charge in [-0.15, -0.1) is 0 Å². The molecule has 0 radical (unpaired) electrons. The van der Waals surface area contributed by atoms with Crippen LogP contribution < -0.4 is 14.8 Å². The molecule has 29 heavy (non-hydrogen) atoms. The van der Waals surface area contributed by atoms with Crippen molar-refractivity contribution in [2.75, 3.05) is 13.7 Å². The molecule has 0 bridgehead atoms. The maximum absolute atomic E-state index is 12.7. The first kappa shape index (κ1) is 20.7. The molecule has 0 heterocycles. The number of ether oxygens (including phenoxy) is 2. The number of nitrogens with one attached hydrogen (secondary N) is 1. The van der Waals surface area contributed by atoms with Gasteiger partial charge in [-0.2, -0.15) is 0 Å². The lowest BCUT2D eigenvalue weighted by Gasteiger charge is -2.43. The number of carboxylic acid groups (broad SMARTS) is 1. The van der Waals surface area contributed by atoms with E-state index in [9.17, 15) is 14.7 Å². The van der Waals surface area contributed by atoms with Crippen LogP contribution in [0.25, 0.3) is 0 Å². The Morgan fingerprint density at radius 1 is 1.17 bits per heavy atom. The molecule has 6 nitrogen and oxygen atoms in total. The molecule has 0 aromatic heterocycles. The van der Waals surface area contributed by atoms with E-state index >= 15 is 0 Å². The van der Waals surface area contributed by atoms with Gasteiger partial charge in [-0.25, -0.2) is 4.79 Å². The van der Waals surface area contributed by atoms with E-state index in [0.717, 1.165) is 6.42 Å². The number of methoxy groups -OCH3 is 1. The van der Waals surface area contributed by atoms with E-state index in [2.05, 4.69) is 11.4 Å². The Labute approximate surface area is 170 Å². The van der Waals surface area contributed by atoms with Crippen molar-refractivity contribution in [2.45, 2.75) is 38.6 Å². The average molecular weight is 397 g/mol. The second kappa shape index (κ2) is 8.55. The minimum Gasteiger partial charge on any atom is -0.493 e. The van der Waals surface area contributed by atoms with Gasteiger partial charge in [0, 0.05) is 12.0 Å². The molecule has 1 saturated carbocycles. The highest BCUT2D eigenvalue weighted by Gasteiger charge is 2.49. The van der Waals surface area contributed by atoms with Crippen molar-refractivity contribution in [3.63, 3.8) is 0 Å². The van der Waals surface area contributed by atoms with Crippen LogP contribution in [0.2, 0.25) is 0 Å². The second-order valence-electron chi connectivity index (χ2n) is 7.81. The molecule has 6 heteroatoms. The largest absolute Gasteiger partial charge is 0.493 e. The first-order chi connectivity index (χ1) is 13.8. The highest BCUT2D eigenvalue weighted by atomic mass is 16.5. The van der Waals surface area contributed by atoms with E-state index in [1.807, 2.05) is 32.0 Å². The van der Waals surface area contributed by atoms with Gasteiger partial charge in [-0.3, -0.25) is 4.79 Å². The molecule has 0 unspecified atom stereocenters. The number of hydrogen-bond acceptors (Lipinski definition) is 4. The number of aryl methyl sites for hydroxylation is 1. The lowest BCUT2D eigenvalue weighted by molar-refractivity contribution is -0.150. The van der Waals surface area contributed by atoms with Crippen LogP contribution in [0.15, 0.2) is 42.5 Å². The Bertz CT molecular complexity index is 902. The average Bonchev–Trinajstić information content (AvgIpc) is 2.66. The molecule has 1 fully saturated rings. The van der Waals surface area contributed by atoms with Crippen LogP contribution in [0.3, 0.4) is 0 Å². The molecule has 154 valence electrons. The van der Waals surface area contributed by atoms with Crippen LogP contribution in [-0.4, -0.2) is 36.2 Å². The normalized spacial score (nSPS) is 20.4. The number of carbonyl (C=O) groups is 2. The zero-order valence-corrected chi connectivity index (χ0v) is 17.0.